The molecule has 2 N–H and O–H groups in total. The molecule has 0 bridgehead atoms. The largest absolute Gasteiger partial charge is 0.495 e. The molecule has 0 aliphatic carbocycles. The molecule has 0 aromatic heterocycles. The molecule has 0 saturated heterocycles. The van der Waals surface area contributed by atoms with Crippen molar-refractivity contribution in [3.8, 4) is 11.5 Å². The van der Waals surface area contributed by atoms with Gasteiger partial charge in [0.2, 0.25) is 0 Å². The minimum atomic E-state index is -0.440. The van der Waals surface area contributed by atoms with Crippen LogP contribution in [0.5, 0.6) is 11.5 Å². The second kappa shape index (κ2) is 7.24. The minimum absolute atomic E-state index is 0.389. The second-order valence-corrected chi connectivity index (χ2v) is 5.12. The summed E-state index contributed by atoms with van der Waals surface area (Å²) >= 11 is 11.9. The van der Waals surface area contributed by atoms with Gasteiger partial charge >= 0.3 is 6.03 Å². The first-order valence-corrected chi connectivity index (χ1v) is 7.04. The molecule has 5 nitrogen and oxygen atoms in total. The Balaban J connectivity index is 2.17. The zero-order chi connectivity index (χ0) is 16.1. The topological polar surface area (TPSA) is 59.6 Å². The van der Waals surface area contributed by atoms with Crippen molar-refractivity contribution >= 4 is 40.6 Å². The molecule has 22 heavy (non-hydrogen) atoms. The van der Waals surface area contributed by atoms with Crippen LogP contribution >= 0.6 is 23.2 Å². The monoisotopic (exact) mass is 340 g/mol. The number of hydrogen-bond donors (Lipinski definition) is 2. The van der Waals surface area contributed by atoms with E-state index in [4.69, 9.17) is 32.7 Å². The van der Waals surface area contributed by atoms with Crippen molar-refractivity contribution in [3.05, 3.63) is 46.4 Å². The number of anilines is 2. The lowest BCUT2D eigenvalue weighted by Crippen LogP contribution is -2.19. The van der Waals surface area contributed by atoms with Gasteiger partial charge in [-0.25, -0.2) is 4.79 Å². The molecule has 0 unspecified atom stereocenters. The lowest BCUT2D eigenvalue weighted by atomic mass is 10.2. The van der Waals surface area contributed by atoms with Crippen molar-refractivity contribution in [3.63, 3.8) is 0 Å². The Morgan fingerprint density at radius 2 is 1.73 bits per heavy atom. The highest BCUT2D eigenvalue weighted by Crippen LogP contribution is 2.35. The van der Waals surface area contributed by atoms with E-state index < -0.39 is 6.03 Å². The highest BCUT2D eigenvalue weighted by molar-refractivity contribution is 6.32. The summed E-state index contributed by atoms with van der Waals surface area (Å²) in [6, 6.07) is 9.53. The molecule has 2 aromatic carbocycles. The van der Waals surface area contributed by atoms with Crippen LogP contribution in [0.1, 0.15) is 0 Å². The third kappa shape index (κ3) is 3.96. The van der Waals surface area contributed by atoms with Crippen LogP contribution in [0, 0.1) is 0 Å². The number of ether oxygens (including phenoxy) is 2. The normalized spacial score (nSPS) is 10.0. The quantitative estimate of drug-likeness (QED) is 0.851. The van der Waals surface area contributed by atoms with Crippen molar-refractivity contribution in [2.45, 2.75) is 0 Å². The molecule has 0 aliphatic heterocycles. The maximum Gasteiger partial charge on any atom is 0.323 e. The minimum Gasteiger partial charge on any atom is -0.495 e. The predicted octanol–water partition coefficient (Wildman–Crippen LogP) is 4.65. The van der Waals surface area contributed by atoms with E-state index in [1.54, 1.807) is 36.4 Å². The Bertz CT molecular complexity index is 692. The van der Waals surface area contributed by atoms with E-state index >= 15 is 0 Å². The van der Waals surface area contributed by atoms with Gasteiger partial charge in [-0.1, -0.05) is 29.3 Å². The molecule has 2 aromatic rings. The number of urea groups is 1. The molecule has 0 saturated carbocycles. The van der Waals surface area contributed by atoms with E-state index in [-0.39, 0.29) is 0 Å². The van der Waals surface area contributed by atoms with Crippen LogP contribution in [0.2, 0.25) is 10.0 Å². The number of methoxy groups -OCH3 is 2. The first-order chi connectivity index (χ1) is 10.5. The fraction of sp³-hybridized carbons (Fsp3) is 0.133. The number of nitrogens with one attached hydrogen (secondary N) is 2. The molecular formula is C15H14Cl2N2O3. The van der Waals surface area contributed by atoms with Crippen LogP contribution in [0.4, 0.5) is 16.2 Å². The maximum atomic E-state index is 12.1. The van der Waals surface area contributed by atoms with Crippen LogP contribution in [-0.4, -0.2) is 20.3 Å². The zero-order valence-corrected chi connectivity index (χ0v) is 13.5. The maximum absolute atomic E-state index is 12.1. The molecule has 116 valence electrons. The van der Waals surface area contributed by atoms with E-state index in [0.29, 0.717) is 32.9 Å². The summed E-state index contributed by atoms with van der Waals surface area (Å²) in [7, 11) is 2.97. The molecule has 0 radical (unpaired) electrons. The van der Waals surface area contributed by atoms with Gasteiger partial charge in [-0.05, 0) is 18.2 Å². The summed E-state index contributed by atoms with van der Waals surface area (Å²) in [5, 5.41) is 6.27. The average Bonchev–Trinajstić information content (AvgIpc) is 2.48. The van der Waals surface area contributed by atoms with E-state index in [2.05, 4.69) is 10.6 Å². The highest BCUT2D eigenvalue weighted by Gasteiger charge is 2.12. The highest BCUT2D eigenvalue weighted by atomic mass is 35.5. The Labute approximate surface area is 138 Å². The number of benzene rings is 2. The van der Waals surface area contributed by atoms with Crippen molar-refractivity contribution in [2.75, 3.05) is 24.9 Å². The molecule has 0 fully saturated rings. The molecule has 0 aliphatic rings. The number of halogens is 2. The van der Waals surface area contributed by atoms with Gasteiger partial charge in [0.15, 0.2) is 0 Å². The van der Waals surface area contributed by atoms with Crippen LogP contribution < -0.4 is 20.1 Å². The fourth-order valence-electron chi connectivity index (χ4n) is 1.81. The average molecular weight is 341 g/mol. The number of hydrogen-bond acceptors (Lipinski definition) is 3. The van der Waals surface area contributed by atoms with Crippen molar-refractivity contribution in [1.29, 1.82) is 0 Å². The second-order valence-electron chi connectivity index (χ2n) is 4.28. The van der Waals surface area contributed by atoms with E-state index in [1.807, 2.05) is 0 Å². The first-order valence-electron chi connectivity index (χ1n) is 6.28. The Morgan fingerprint density at radius 1 is 1.00 bits per heavy atom. The Kier molecular flexibility index (Phi) is 5.35. The summed E-state index contributed by atoms with van der Waals surface area (Å²) in [4.78, 5) is 12.1. The van der Waals surface area contributed by atoms with E-state index in [0.717, 1.165) is 0 Å². The third-order valence-electron chi connectivity index (χ3n) is 2.80. The van der Waals surface area contributed by atoms with Gasteiger partial charge in [0.05, 0.1) is 24.9 Å². The molecule has 2 rings (SSSR count). The van der Waals surface area contributed by atoms with Crippen molar-refractivity contribution < 1.29 is 14.3 Å². The first kappa shape index (κ1) is 16.3. The fourth-order valence-corrected chi connectivity index (χ4v) is 2.23. The molecule has 7 heteroatoms. The van der Waals surface area contributed by atoms with Gasteiger partial charge in [-0.15, -0.1) is 0 Å². The summed E-state index contributed by atoms with van der Waals surface area (Å²) in [5.41, 5.74) is 1.01. The number of carbonyl (C=O) groups excluding carboxylic acids is 1. The number of amides is 2. The van der Waals surface area contributed by atoms with Gasteiger partial charge in [0, 0.05) is 22.8 Å². The van der Waals surface area contributed by atoms with E-state index in [1.165, 1.54) is 14.2 Å². The van der Waals surface area contributed by atoms with Crippen molar-refractivity contribution in [1.82, 2.24) is 0 Å². The van der Waals surface area contributed by atoms with Gasteiger partial charge in [-0.3, -0.25) is 0 Å². The summed E-state index contributed by atoms with van der Waals surface area (Å²) in [6.45, 7) is 0. The predicted molar refractivity (Wildman–Crippen MR) is 88.6 cm³/mol. The summed E-state index contributed by atoms with van der Waals surface area (Å²) in [6.07, 6.45) is 0. The van der Waals surface area contributed by atoms with Crippen LogP contribution in [0.15, 0.2) is 36.4 Å². The SMILES string of the molecule is COc1cc(NC(=O)Nc2cccc(Cl)c2)c(OC)cc1Cl. The lowest BCUT2D eigenvalue weighted by Gasteiger charge is -2.13. The van der Waals surface area contributed by atoms with Gasteiger partial charge in [-0.2, -0.15) is 0 Å². The molecule has 0 spiro atoms. The molecule has 0 heterocycles. The van der Waals surface area contributed by atoms with E-state index in [9.17, 15) is 4.79 Å². The van der Waals surface area contributed by atoms with Crippen LogP contribution in [0.25, 0.3) is 0 Å². The van der Waals surface area contributed by atoms with Gasteiger partial charge in [0.25, 0.3) is 0 Å². The molecule has 2 amide bonds. The Morgan fingerprint density at radius 3 is 2.36 bits per heavy atom. The Hall–Kier alpha value is -2.11. The zero-order valence-electron chi connectivity index (χ0n) is 11.9. The summed E-state index contributed by atoms with van der Waals surface area (Å²) in [5.74, 6) is 0.854. The third-order valence-corrected chi connectivity index (χ3v) is 3.34. The smallest absolute Gasteiger partial charge is 0.323 e. The summed E-state index contributed by atoms with van der Waals surface area (Å²) < 4.78 is 10.3. The standard InChI is InChI=1S/C15H14Cl2N2O3/c1-21-13-8-12(14(22-2)7-11(13)17)19-15(20)18-10-5-3-4-9(16)6-10/h3-8H,1-2H3,(H2,18,19,20). The number of rotatable bonds is 4. The van der Waals surface area contributed by atoms with Gasteiger partial charge < -0.3 is 20.1 Å². The lowest BCUT2D eigenvalue weighted by molar-refractivity contribution is 0.262. The molecular weight excluding hydrogens is 327 g/mol. The van der Waals surface area contributed by atoms with Crippen LogP contribution in [0.3, 0.4) is 0 Å². The van der Waals surface area contributed by atoms with Crippen LogP contribution in [-0.2, 0) is 0 Å². The molecule has 0 atom stereocenters. The van der Waals surface area contributed by atoms with Gasteiger partial charge in [0.1, 0.15) is 11.5 Å². The number of carbonyl (C=O) groups is 1. The van der Waals surface area contributed by atoms with Crippen molar-refractivity contribution in [2.24, 2.45) is 0 Å².